The van der Waals surface area contributed by atoms with E-state index in [1.54, 1.807) is 19.1 Å². The lowest BCUT2D eigenvalue weighted by atomic mass is 10.2. The van der Waals surface area contributed by atoms with Crippen molar-refractivity contribution in [3.8, 4) is 0 Å². The molecule has 1 aromatic heterocycles. The molecule has 14 heavy (non-hydrogen) atoms. The van der Waals surface area contributed by atoms with Gasteiger partial charge >= 0.3 is 5.97 Å². The van der Waals surface area contributed by atoms with Gasteiger partial charge in [0.1, 0.15) is 0 Å². The van der Waals surface area contributed by atoms with E-state index in [0.717, 1.165) is 6.21 Å². The predicted octanol–water partition coefficient (Wildman–Crippen LogP) is 1.07. The summed E-state index contributed by atoms with van der Waals surface area (Å²) in [5.41, 5.74) is 0.570. The molecule has 0 saturated carbocycles. The maximum atomic E-state index is 11.3. The van der Waals surface area contributed by atoms with E-state index in [1.807, 2.05) is 0 Å². The van der Waals surface area contributed by atoms with Crippen LogP contribution >= 0.6 is 0 Å². The van der Waals surface area contributed by atoms with Crippen molar-refractivity contribution in [3.63, 3.8) is 0 Å². The minimum absolute atomic E-state index is 0.284. The smallest absolute Gasteiger partial charge is 0.340 e. The van der Waals surface area contributed by atoms with Gasteiger partial charge in [-0.1, -0.05) is 5.16 Å². The van der Waals surface area contributed by atoms with Crippen molar-refractivity contribution >= 4 is 12.2 Å². The molecule has 0 saturated heterocycles. The molecule has 74 valence electrons. The number of aromatic nitrogens is 1. The van der Waals surface area contributed by atoms with E-state index in [0.29, 0.717) is 6.61 Å². The van der Waals surface area contributed by atoms with Crippen LogP contribution in [0.15, 0.2) is 23.5 Å². The predicted molar refractivity (Wildman–Crippen MR) is 49.6 cm³/mol. The van der Waals surface area contributed by atoms with Crippen LogP contribution in [0.25, 0.3) is 0 Å². The summed E-state index contributed by atoms with van der Waals surface area (Å²) in [6.45, 7) is 2.01. The van der Waals surface area contributed by atoms with Gasteiger partial charge in [-0.2, -0.15) is 0 Å². The van der Waals surface area contributed by atoms with Gasteiger partial charge in [-0.3, -0.25) is 4.98 Å². The zero-order chi connectivity index (χ0) is 10.4. The summed E-state index contributed by atoms with van der Waals surface area (Å²) in [5, 5.41) is 11.1. The third-order valence-corrected chi connectivity index (χ3v) is 1.51. The molecule has 1 heterocycles. The average Bonchev–Trinajstić information content (AvgIpc) is 2.19. The second kappa shape index (κ2) is 4.96. The van der Waals surface area contributed by atoms with Gasteiger partial charge in [0, 0.05) is 6.20 Å². The topological polar surface area (TPSA) is 71.8 Å². The van der Waals surface area contributed by atoms with Crippen LogP contribution < -0.4 is 0 Å². The van der Waals surface area contributed by atoms with Crippen LogP contribution in [0.2, 0.25) is 0 Å². The second-order valence-electron chi connectivity index (χ2n) is 2.40. The van der Waals surface area contributed by atoms with E-state index in [1.165, 1.54) is 6.20 Å². The van der Waals surface area contributed by atoms with Crippen LogP contribution in [-0.2, 0) is 4.74 Å². The monoisotopic (exact) mass is 194 g/mol. The van der Waals surface area contributed by atoms with Crippen molar-refractivity contribution in [2.24, 2.45) is 5.16 Å². The van der Waals surface area contributed by atoms with Crippen molar-refractivity contribution in [1.82, 2.24) is 4.98 Å². The molecule has 0 radical (unpaired) electrons. The lowest BCUT2D eigenvalue weighted by molar-refractivity contribution is 0.0525. The summed E-state index contributed by atoms with van der Waals surface area (Å²) in [7, 11) is 0. The molecule has 1 N–H and O–H groups in total. The van der Waals surface area contributed by atoms with E-state index in [2.05, 4.69) is 10.1 Å². The number of hydrogen-bond acceptors (Lipinski definition) is 5. The Morgan fingerprint density at radius 1 is 1.79 bits per heavy atom. The van der Waals surface area contributed by atoms with Crippen LogP contribution in [0.4, 0.5) is 0 Å². The number of nitrogens with zero attached hydrogens (tertiary/aromatic N) is 2. The molecule has 1 aromatic rings. The summed E-state index contributed by atoms with van der Waals surface area (Å²) in [6.07, 6.45) is 2.59. The maximum absolute atomic E-state index is 11.3. The van der Waals surface area contributed by atoms with Crippen LogP contribution in [-0.4, -0.2) is 29.0 Å². The quantitative estimate of drug-likeness (QED) is 0.338. The number of esters is 1. The zero-order valence-electron chi connectivity index (χ0n) is 7.67. The van der Waals surface area contributed by atoms with Crippen molar-refractivity contribution in [1.29, 1.82) is 0 Å². The number of ether oxygens (including phenoxy) is 1. The highest BCUT2D eigenvalue weighted by Crippen LogP contribution is 2.04. The first-order valence-corrected chi connectivity index (χ1v) is 4.09. The van der Waals surface area contributed by atoms with Crippen LogP contribution in [0.5, 0.6) is 0 Å². The van der Waals surface area contributed by atoms with Crippen molar-refractivity contribution in [2.75, 3.05) is 6.61 Å². The van der Waals surface area contributed by atoms with E-state index in [9.17, 15) is 4.79 Å². The van der Waals surface area contributed by atoms with Crippen molar-refractivity contribution in [3.05, 3.63) is 29.6 Å². The highest BCUT2D eigenvalue weighted by atomic mass is 16.5. The minimum atomic E-state index is -0.476. The van der Waals surface area contributed by atoms with Crippen LogP contribution in [0.3, 0.4) is 0 Å². The number of pyridine rings is 1. The minimum Gasteiger partial charge on any atom is -0.462 e. The van der Waals surface area contributed by atoms with Gasteiger partial charge in [-0.05, 0) is 19.1 Å². The lowest BCUT2D eigenvalue weighted by Crippen LogP contribution is -2.09. The standard InChI is InChI=1S/C9H10N2O3/c1-2-14-9(12)7-4-3-5-10-8(7)6-11-13/h3-6,13H,2H2,1H3/b11-6+. The van der Waals surface area contributed by atoms with Gasteiger partial charge in [0.2, 0.25) is 0 Å². The van der Waals surface area contributed by atoms with Gasteiger partial charge < -0.3 is 9.94 Å². The Balaban J connectivity index is 3.00. The fraction of sp³-hybridized carbons (Fsp3) is 0.222. The summed E-state index contributed by atoms with van der Waals surface area (Å²) >= 11 is 0. The van der Waals surface area contributed by atoms with Gasteiger partial charge in [-0.15, -0.1) is 0 Å². The second-order valence-corrected chi connectivity index (χ2v) is 2.40. The molecule has 0 unspecified atom stereocenters. The Labute approximate surface area is 81.0 Å². The molecule has 0 aliphatic carbocycles. The molecule has 5 heteroatoms. The molecule has 0 amide bonds. The van der Waals surface area contributed by atoms with Gasteiger partial charge in [0.05, 0.1) is 24.1 Å². The first-order chi connectivity index (χ1) is 6.79. The Morgan fingerprint density at radius 2 is 2.57 bits per heavy atom. The number of carbonyl (C=O) groups is 1. The molecular formula is C9H10N2O3. The summed E-state index contributed by atoms with van der Waals surface area (Å²) in [5.74, 6) is -0.476. The van der Waals surface area contributed by atoms with Crippen molar-refractivity contribution in [2.45, 2.75) is 6.92 Å². The largest absolute Gasteiger partial charge is 0.462 e. The average molecular weight is 194 g/mol. The summed E-state index contributed by atoms with van der Waals surface area (Å²) in [4.78, 5) is 15.2. The zero-order valence-corrected chi connectivity index (χ0v) is 7.67. The SMILES string of the molecule is CCOC(=O)c1cccnc1/C=N/O. The number of hydrogen-bond donors (Lipinski definition) is 1. The summed E-state index contributed by atoms with van der Waals surface area (Å²) < 4.78 is 4.79. The fourth-order valence-corrected chi connectivity index (χ4v) is 0.957. The maximum Gasteiger partial charge on any atom is 0.340 e. The van der Waals surface area contributed by atoms with Gasteiger partial charge in [0.25, 0.3) is 0 Å². The van der Waals surface area contributed by atoms with E-state index in [4.69, 9.17) is 9.94 Å². The fourth-order valence-electron chi connectivity index (χ4n) is 0.957. The van der Waals surface area contributed by atoms with E-state index in [-0.39, 0.29) is 11.3 Å². The summed E-state index contributed by atoms with van der Waals surface area (Å²) in [6, 6.07) is 3.17. The normalized spacial score (nSPS) is 10.4. The molecule has 1 rings (SSSR count). The molecule has 0 fully saturated rings. The number of oxime groups is 1. The van der Waals surface area contributed by atoms with Crippen LogP contribution in [0, 0.1) is 0 Å². The van der Waals surface area contributed by atoms with E-state index < -0.39 is 5.97 Å². The van der Waals surface area contributed by atoms with Crippen LogP contribution in [0.1, 0.15) is 23.0 Å². The Hall–Kier alpha value is -1.91. The molecule has 5 nitrogen and oxygen atoms in total. The van der Waals surface area contributed by atoms with Gasteiger partial charge in [0.15, 0.2) is 0 Å². The third-order valence-electron chi connectivity index (χ3n) is 1.51. The highest BCUT2D eigenvalue weighted by Gasteiger charge is 2.11. The molecular weight excluding hydrogens is 184 g/mol. The molecule has 0 aromatic carbocycles. The highest BCUT2D eigenvalue weighted by molar-refractivity contribution is 5.97. The van der Waals surface area contributed by atoms with E-state index >= 15 is 0 Å². The molecule has 0 aliphatic rings. The molecule has 0 atom stereocenters. The number of rotatable bonds is 3. The Bertz CT molecular complexity index is 350. The Morgan fingerprint density at radius 3 is 3.21 bits per heavy atom. The lowest BCUT2D eigenvalue weighted by Gasteiger charge is -2.02. The molecule has 0 spiro atoms. The number of carbonyl (C=O) groups excluding carboxylic acids is 1. The third kappa shape index (κ3) is 2.29. The first kappa shape index (κ1) is 10.2. The molecule has 0 bridgehead atoms. The van der Waals surface area contributed by atoms with Crippen molar-refractivity contribution < 1.29 is 14.7 Å². The molecule has 0 aliphatic heterocycles. The Kier molecular flexibility index (Phi) is 3.60. The van der Waals surface area contributed by atoms with Gasteiger partial charge in [-0.25, -0.2) is 4.79 Å². The first-order valence-electron chi connectivity index (χ1n) is 4.09.